The quantitative estimate of drug-likeness (QED) is 0.544. The van der Waals surface area contributed by atoms with Crippen molar-refractivity contribution in [3.05, 3.63) is 78.3 Å². The second kappa shape index (κ2) is 8.05. The maximum atomic E-state index is 12.5. The third-order valence-electron chi connectivity index (χ3n) is 4.51. The van der Waals surface area contributed by atoms with Gasteiger partial charge in [0.2, 0.25) is 0 Å². The maximum absolute atomic E-state index is 12.5. The van der Waals surface area contributed by atoms with Crippen molar-refractivity contribution in [2.45, 2.75) is 26.3 Å². The number of pyridine rings is 1. The van der Waals surface area contributed by atoms with E-state index in [1.807, 2.05) is 50.2 Å². The highest BCUT2D eigenvalue weighted by molar-refractivity contribution is 5.92. The Bertz CT molecular complexity index is 1100. The van der Waals surface area contributed by atoms with Gasteiger partial charge in [-0.25, -0.2) is 9.97 Å². The Hall–Kier alpha value is -3.81. The topological polar surface area (TPSA) is 98.7 Å². The van der Waals surface area contributed by atoms with Crippen LogP contribution in [0.4, 0.5) is 0 Å². The van der Waals surface area contributed by atoms with Crippen LogP contribution in [0, 0.1) is 0 Å². The summed E-state index contributed by atoms with van der Waals surface area (Å²) < 4.78 is 6.91. The monoisotopic (exact) mass is 388 g/mol. The summed E-state index contributed by atoms with van der Waals surface area (Å²) in [6.07, 6.45) is 5.57. The number of benzene rings is 1. The van der Waals surface area contributed by atoms with E-state index in [4.69, 9.17) is 4.52 Å². The smallest absolute Gasteiger partial charge is 0.271 e. The first-order chi connectivity index (χ1) is 14.1. The summed E-state index contributed by atoms with van der Waals surface area (Å²) in [5.74, 6) is 1.47. The number of rotatable bonds is 6. The predicted octanol–water partition coefficient (Wildman–Crippen LogP) is 3.37. The summed E-state index contributed by atoms with van der Waals surface area (Å²) in [6.45, 7) is 3.90. The number of amides is 1. The molecule has 3 heterocycles. The lowest BCUT2D eigenvalue weighted by Gasteiger charge is -2.13. The van der Waals surface area contributed by atoms with E-state index >= 15 is 0 Å². The summed E-state index contributed by atoms with van der Waals surface area (Å²) >= 11 is 0. The Labute approximate surface area is 167 Å². The fraction of sp³-hybridized carbons (Fsp3) is 0.190. The fourth-order valence-corrected chi connectivity index (χ4v) is 2.84. The van der Waals surface area contributed by atoms with Gasteiger partial charge in [0, 0.05) is 18.8 Å². The van der Waals surface area contributed by atoms with Crippen LogP contribution < -0.4 is 5.32 Å². The van der Waals surface area contributed by atoms with E-state index < -0.39 is 0 Å². The zero-order valence-electron chi connectivity index (χ0n) is 16.1. The molecule has 3 aromatic heterocycles. The summed E-state index contributed by atoms with van der Waals surface area (Å²) in [7, 11) is 0. The van der Waals surface area contributed by atoms with E-state index in [2.05, 4.69) is 25.4 Å². The van der Waals surface area contributed by atoms with Crippen molar-refractivity contribution in [1.82, 2.24) is 30.0 Å². The minimum atomic E-state index is -0.241. The number of nitrogens with zero attached hydrogens (tertiary/aromatic N) is 5. The van der Waals surface area contributed by atoms with Crippen LogP contribution in [0.1, 0.15) is 41.8 Å². The molecule has 0 saturated carbocycles. The largest absolute Gasteiger partial charge is 0.344 e. The second-order valence-electron chi connectivity index (χ2n) is 6.55. The van der Waals surface area contributed by atoms with Crippen LogP contribution in [0.2, 0.25) is 0 Å². The van der Waals surface area contributed by atoms with Gasteiger partial charge < -0.3 is 9.84 Å². The molecule has 0 bridgehead atoms. The van der Waals surface area contributed by atoms with Gasteiger partial charge in [-0.05, 0) is 24.6 Å². The van der Waals surface area contributed by atoms with Gasteiger partial charge in [0.25, 0.3) is 11.8 Å². The predicted molar refractivity (Wildman–Crippen MR) is 106 cm³/mol. The van der Waals surface area contributed by atoms with E-state index in [0.29, 0.717) is 29.6 Å². The van der Waals surface area contributed by atoms with Gasteiger partial charge in [0.1, 0.15) is 17.8 Å². The van der Waals surface area contributed by atoms with Crippen molar-refractivity contribution in [1.29, 1.82) is 0 Å². The molecule has 1 amide bonds. The Balaban J connectivity index is 1.46. The third kappa shape index (κ3) is 4.06. The molecule has 1 aromatic carbocycles. The number of aromatic nitrogens is 5. The normalized spacial score (nSPS) is 11.9. The molecule has 146 valence electrons. The van der Waals surface area contributed by atoms with Crippen LogP contribution in [0.25, 0.3) is 17.3 Å². The number of carbonyl (C=O) groups excluding carboxylic acids is 1. The molecular formula is C21H20N6O2. The number of aryl methyl sites for hydroxylation is 1. The number of carbonyl (C=O) groups is 1. The summed E-state index contributed by atoms with van der Waals surface area (Å²) in [5, 5.41) is 6.84. The molecule has 0 aliphatic rings. The highest BCUT2D eigenvalue weighted by atomic mass is 16.5. The minimum absolute atomic E-state index is 0.117. The van der Waals surface area contributed by atoms with Crippen LogP contribution in [0.15, 0.2) is 65.7 Å². The van der Waals surface area contributed by atoms with Crippen LogP contribution in [-0.2, 0) is 6.42 Å². The van der Waals surface area contributed by atoms with Crippen molar-refractivity contribution in [2.24, 2.45) is 0 Å². The first-order valence-corrected chi connectivity index (χ1v) is 9.33. The molecule has 0 unspecified atom stereocenters. The first kappa shape index (κ1) is 18.5. The highest BCUT2D eigenvalue weighted by Gasteiger charge is 2.15. The SMILES string of the molecule is CCc1noc(-c2ccc(-n3cnc(C(=O)N[C@@H](C)c4ccccc4)c3)nc2)n1. The number of imidazole rings is 1. The standard InChI is InChI=1S/C21H20N6O2/c1-3-18-25-21(29-26-18)16-9-10-19(22-11-16)27-12-17(23-13-27)20(28)24-14(2)15-7-5-4-6-8-15/h4-14H,3H2,1-2H3,(H,24,28)/t14-/m0/s1. The lowest BCUT2D eigenvalue weighted by molar-refractivity contribution is 0.0935. The molecule has 8 nitrogen and oxygen atoms in total. The van der Waals surface area contributed by atoms with Crippen LogP contribution in [-0.4, -0.2) is 30.6 Å². The van der Waals surface area contributed by atoms with Crippen molar-refractivity contribution in [3.63, 3.8) is 0 Å². The Kier molecular flexibility index (Phi) is 5.15. The van der Waals surface area contributed by atoms with E-state index in [9.17, 15) is 4.79 Å². The summed E-state index contributed by atoms with van der Waals surface area (Å²) in [5.41, 5.74) is 2.09. The molecule has 0 aliphatic carbocycles. The van der Waals surface area contributed by atoms with E-state index in [1.54, 1.807) is 29.4 Å². The van der Waals surface area contributed by atoms with E-state index in [-0.39, 0.29) is 11.9 Å². The Morgan fingerprint density at radius 2 is 2.00 bits per heavy atom. The van der Waals surface area contributed by atoms with Crippen molar-refractivity contribution in [2.75, 3.05) is 0 Å². The van der Waals surface area contributed by atoms with Gasteiger partial charge in [-0.15, -0.1) is 0 Å². The van der Waals surface area contributed by atoms with Gasteiger partial charge in [0.15, 0.2) is 5.82 Å². The van der Waals surface area contributed by atoms with Gasteiger partial charge in [-0.1, -0.05) is 42.4 Å². The zero-order chi connectivity index (χ0) is 20.2. The van der Waals surface area contributed by atoms with Gasteiger partial charge in [-0.2, -0.15) is 4.98 Å². The number of hydrogen-bond donors (Lipinski definition) is 1. The van der Waals surface area contributed by atoms with Crippen molar-refractivity contribution in [3.8, 4) is 17.3 Å². The lowest BCUT2D eigenvalue weighted by atomic mass is 10.1. The Morgan fingerprint density at radius 1 is 1.17 bits per heavy atom. The number of nitrogens with one attached hydrogen (secondary N) is 1. The van der Waals surface area contributed by atoms with Gasteiger partial charge in [-0.3, -0.25) is 9.36 Å². The molecule has 0 saturated heterocycles. The maximum Gasteiger partial charge on any atom is 0.271 e. The minimum Gasteiger partial charge on any atom is -0.344 e. The van der Waals surface area contributed by atoms with Crippen LogP contribution in [0.3, 0.4) is 0 Å². The molecule has 0 spiro atoms. The van der Waals surface area contributed by atoms with E-state index in [0.717, 1.165) is 11.1 Å². The molecule has 4 aromatic rings. The van der Waals surface area contributed by atoms with Crippen molar-refractivity contribution >= 4 is 5.91 Å². The lowest BCUT2D eigenvalue weighted by Crippen LogP contribution is -2.26. The summed E-state index contributed by atoms with van der Waals surface area (Å²) in [6, 6.07) is 13.3. The number of hydrogen-bond acceptors (Lipinski definition) is 6. The van der Waals surface area contributed by atoms with Gasteiger partial charge in [0.05, 0.1) is 11.6 Å². The molecule has 0 fully saturated rings. The van der Waals surface area contributed by atoms with Crippen molar-refractivity contribution < 1.29 is 9.32 Å². The van der Waals surface area contributed by atoms with Crippen LogP contribution in [0.5, 0.6) is 0 Å². The third-order valence-corrected chi connectivity index (χ3v) is 4.51. The average Bonchev–Trinajstić information content (AvgIpc) is 3.44. The highest BCUT2D eigenvalue weighted by Crippen LogP contribution is 2.18. The molecule has 4 rings (SSSR count). The molecule has 1 N–H and O–H groups in total. The van der Waals surface area contributed by atoms with Gasteiger partial charge >= 0.3 is 0 Å². The molecular weight excluding hydrogens is 368 g/mol. The van der Waals surface area contributed by atoms with E-state index in [1.165, 1.54) is 0 Å². The molecule has 0 radical (unpaired) electrons. The molecule has 29 heavy (non-hydrogen) atoms. The Morgan fingerprint density at radius 3 is 2.69 bits per heavy atom. The molecule has 1 atom stereocenters. The second-order valence-corrected chi connectivity index (χ2v) is 6.55. The van der Waals surface area contributed by atoms with Crippen LogP contribution >= 0.6 is 0 Å². The first-order valence-electron chi connectivity index (χ1n) is 9.33. The summed E-state index contributed by atoms with van der Waals surface area (Å²) in [4.78, 5) is 25.4. The molecule has 8 heteroatoms. The zero-order valence-corrected chi connectivity index (χ0v) is 16.1. The molecule has 0 aliphatic heterocycles. The average molecular weight is 388 g/mol. The fourth-order valence-electron chi connectivity index (χ4n) is 2.84.